The lowest BCUT2D eigenvalue weighted by atomic mass is 10.1. The highest BCUT2D eigenvalue weighted by Crippen LogP contribution is 2.26. The molecule has 3 heteroatoms. The Labute approximate surface area is 101 Å². The largest absolute Gasteiger partial charge is 0.396 e. The number of benzene rings is 1. The Balaban J connectivity index is 2.19. The van der Waals surface area contributed by atoms with Crippen molar-refractivity contribution in [3.8, 4) is 0 Å². The highest BCUT2D eigenvalue weighted by atomic mass is 16.3. The van der Waals surface area contributed by atoms with E-state index in [1.807, 2.05) is 30.3 Å². The molecule has 0 spiro atoms. The molecule has 1 N–H and O–H groups in total. The van der Waals surface area contributed by atoms with Crippen molar-refractivity contribution >= 4 is 11.6 Å². The summed E-state index contributed by atoms with van der Waals surface area (Å²) in [7, 11) is 0. The van der Waals surface area contributed by atoms with Gasteiger partial charge in [-0.3, -0.25) is 4.79 Å². The standard InChI is InChI=1S/C14H17NO2/c1-2-11-9-14(17)15(10-11)13-5-3-4-12(8-13)6-7-16/h2-5,8,11,16H,1,6-7,9-10H2. The molecule has 1 amide bonds. The van der Waals surface area contributed by atoms with Gasteiger partial charge in [-0.1, -0.05) is 18.2 Å². The van der Waals surface area contributed by atoms with Crippen LogP contribution in [0.25, 0.3) is 0 Å². The van der Waals surface area contributed by atoms with Crippen molar-refractivity contribution in [3.05, 3.63) is 42.5 Å². The van der Waals surface area contributed by atoms with Gasteiger partial charge >= 0.3 is 0 Å². The minimum absolute atomic E-state index is 0.132. The van der Waals surface area contributed by atoms with Crippen LogP contribution in [0.1, 0.15) is 12.0 Å². The number of aliphatic hydroxyl groups excluding tert-OH is 1. The average Bonchev–Trinajstić information content (AvgIpc) is 2.71. The van der Waals surface area contributed by atoms with Gasteiger partial charge in [0.05, 0.1) is 0 Å². The predicted molar refractivity (Wildman–Crippen MR) is 67.9 cm³/mol. The maximum atomic E-state index is 11.8. The Morgan fingerprint density at radius 1 is 1.53 bits per heavy atom. The van der Waals surface area contributed by atoms with Crippen molar-refractivity contribution in [3.63, 3.8) is 0 Å². The third kappa shape index (κ3) is 2.56. The lowest BCUT2D eigenvalue weighted by Gasteiger charge is -2.17. The number of amides is 1. The summed E-state index contributed by atoms with van der Waals surface area (Å²) >= 11 is 0. The summed E-state index contributed by atoms with van der Waals surface area (Å²) in [6.07, 6.45) is 3.02. The number of rotatable bonds is 4. The van der Waals surface area contributed by atoms with E-state index in [2.05, 4.69) is 6.58 Å². The fraction of sp³-hybridized carbons (Fsp3) is 0.357. The third-order valence-electron chi connectivity index (χ3n) is 3.11. The highest BCUT2D eigenvalue weighted by Gasteiger charge is 2.28. The van der Waals surface area contributed by atoms with E-state index in [-0.39, 0.29) is 18.4 Å². The molecule has 17 heavy (non-hydrogen) atoms. The second-order valence-electron chi connectivity index (χ2n) is 4.35. The number of hydrogen-bond donors (Lipinski definition) is 1. The van der Waals surface area contributed by atoms with Gasteiger partial charge in [0.15, 0.2) is 0 Å². The quantitative estimate of drug-likeness (QED) is 0.802. The Hall–Kier alpha value is -1.61. The molecule has 0 aliphatic carbocycles. The van der Waals surface area contributed by atoms with Crippen LogP contribution in [0.3, 0.4) is 0 Å². The van der Waals surface area contributed by atoms with Crippen LogP contribution in [-0.4, -0.2) is 24.2 Å². The van der Waals surface area contributed by atoms with Crippen molar-refractivity contribution in [2.24, 2.45) is 5.92 Å². The molecular formula is C14H17NO2. The molecule has 0 aromatic heterocycles. The van der Waals surface area contributed by atoms with Gasteiger partial charge in [-0.25, -0.2) is 0 Å². The van der Waals surface area contributed by atoms with Gasteiger partial charge < -0.3 is 10.0 Å². The fourth-order valence-electron chi connectivity index (χ4n) is 2.15. The number of aliphatic hydroxyl groups is 1. The maximum Gasteiger partial charge on any atom is 0.227 e. The summed E-state index contributed by atoms with van der Waals surface area (Å²) in [5.74, 6) is 0.403. The third-order valence-corrected chi connectivity index (χ3v) is 3.11. The molecule has 0 saturated carbocycles. The number of hydrogen-bond acceptors (Lipinski definition) is 2. The predicted octanol–water partition coefficient (Wildman–Crippen LogP) is 1.76. The van der Waals surface area contributed by atoms with E-state index in [0.29, 0.717) is 19.4 Å². The number of nitrogens with zero attached hydrogens (tertiary/aromatic N) is 1. The summed E-state index contributed by atoms with van der Waals surface area (Å²) in [5.41, 5.74) is 1.98. The molecule has 90 valence electrons. The van der Waals surface area contributed by atoms with Gasteiger partial charge in [0.1, 0.15) is 0 Å². The molecular weight excluding hydrogens is 214 g/mol. The lowest BCUT2D eigenvalue weighted by molar-refractivity contribution is -0.117. The summed E-state index contributed by atoms with van der Waals surface area (Å²) in [6.45, 7) is 4.59. The van der Waals surface area contributed by atoms with Gasteiger partial charge in [-0.05, 0) is 24.1 Å². The van der Waals surface area contributed by atoms with Crippen LogP contribution >= 0.6 is 0 Å². The van der Waals surface area contributed by atoms with Gasteiger partial charge in [0.2, 0.25) is 5.91 Å². The zero-order valence-electron chi connectivity index (χ0n) is 9.80. The SMILES string of the molecule is C=CC1CC(=O)N(c2cccc(CCO)c2)C1. The summed E-state index contributed by atoms with van der Waals surface area (Å²) in [5, 5.41) is 8.91. The minimum atomic E-state index is 0.132. The van der Waals surface area contributed by atoms with Crippen molar-refractivity contribution in [1.82, 2.24) is 0 Å². The zero-order valence-corrected chi connectivity index (χ0v) is 9.80. The first-order valence-corrected chi connectivity index (χ1v) is 5.87. The zero-order chi connectivity index (χ0) is 12.3. The van der Waals surface area contributed by atoms with Gasteiger partial charge in [0, 0.05) is 31.2 Å². The van der Waals surface area contributed by atoms with E-state index < -0.39 is 0 Å². The monoisotopic (exact) mass is 231 g/mol. The van der Waals surface area contributed by atoms with Crippen LogP contribution in [-0.2, 0) is 11.2 Å². The maximum absolute atomic E-state index is 11.8. The molecule has 1 heterocycles. The second-order valence-corrected chi connectivity index (χ2v) is 4.35. The molecule has 1 aliphatic heterocycles. The van der Waals surface area contributed by atoms with Crippen LogP contribution in [0.2, 0.25) is 0 Å². The second kappa shape index (κ2) is 5.15. The van der Waals surface area contributed by atoms with Crippen LogP contribution in [0.4, 0.5) is 5.69 Å². The Morgan fingerprint density at radius 3 is 3.00 bits per heavy atom. The summed E-state index contributed by atoms with van der Waals surface area (Å²) in [6, 6.07) is 7.80. The van der Waals surface area contributed by atoms with Gasteiger partial charge in [0.25, 0.3) is 0 Å². The molecule has 1 saturated heterocycles. The smallest absolute Gasteiger partial charge is 0.227 e. The Morgan fingerprint density at radius 2 is 2.35 bits per heavy atom. The molecule has 1 aliphatic rings. The van der Waals surface area contributed by atoms with E-state index in [9.17, 15) is 4.79 Å². The lowest BCUT2D eigenvalue weighted by Crippen LogP contribution is -2.24. The van der Waals surface area contributed by atoms with E-state index in [1.54, 1.807) is 4.90 Å². The topological polar surface area (TPSA) is 40.5 Å². The first-order chi connectivity index (χ1) is 8.24. The normalized spacial score (nSPS) is 19.7. The van der Waals surface area contributed by atoms with Crippen LogP contribution in [0.5, 0.6) is 0 Å². The van der Waals surface area contributed by atoms with Crippen molar-refractivity contribution in [1.29, 1.82) is 0 Å². The Bertz CT molecular complexity index is 428. The van der Waals surface area contributed by atoms with Crippen molar-refractivity contribution < 1.29 is 9.90 Å². The van der Waals surface area contributed by atoms with E-state index in [0.717, 1.165) is 11.3 Å². The molecule has 2 rings (SSSR count). The minimum Gasteiger partial charge on any atom is -0.396 e. The van der Waals surface area contributed by atoms with E-state index in [1.165, 1.54) is 0 Å². The molecule has 0 radical (unpaired) electrons. The first-order valence-electron chi connectivity index (χ1n) is 5.87. The molecule has 1 aromatic rings. The number of carbonyl (C=O) groups is 1. The summed E-state index contributed by atoms with van der Waals surface area (Å²) in [4.78, 5) is 13.6. The molecule has 3 nitrogen and oxygen atoms in total. The van der Waals surface area contributed by atoms with Gasteiger partial charge in [-0.15, -0.1) is 6.58 Å². The summed E-state index contributed by atoms with van der Waals surface area (Å²) < 4.78 is 0. The average molecular weight is 231 g/mol. The molecule has 1 fully saturated rings. The number of carbonyl (C=O) groups excluding carboxylic acids is 1. The highest BCUT2D eigenvalue weighted by molar-refractivity contribution is 5.96. The Kier molecular flexibility index (Phi) is 3.59. The first kappa shape index (κ1) is 11.9. The van der Waals surface area contributed by atoms with Crippen LogP contribution in [0, 0.1) is 5.92 Å². The van der Waals surface area contributed by atoms with E-state index >= 15 is 0 Å². The molecule has 0 bridgehead atoms. The fourth-order valence-corrected chi connectivity index (χ4v) is 2.15. The molecule has 1 aromatic carbocycles. The van der Waals surface area contributed by atoms with E-state index in [4.69, 9.17) is 5.11 Å². The number of anilines is 1. The van der Waals surface area contributed by atoms with Crippen LogP contribution in [0.15, 0.2) is 36.9 Å². The van der Waals surface area contributed by atoms with Crippen LogP contribution < -0.4 is 4.90 Å². The molecule has 1 atom stereocenters. The van der Waals surface area contributed by atoms with Gasteiger partial charge in [-0.2, -0.15) is 0 Å². The molecule has 1 unspecified atom stereocenters. The van der Waals surface area contributed by atoms with Crippen molar-refractivity contribution in [2.75, 3.05) is 18.1 Å². The van der Waals surface area contributed by atoms with Crippen molar-refractivity contribution in [2.45, 2.75) is 12.8 Å².